The zero-order valence-corrected chi connectivity index (χ0v) is 7.87. The minimum absolute atomic E-state index is 0.150. The van der Waals surface area contributed by atoms with E-state index in [0.717, 1.165) is 32.5 Å². The van der Waals surface area contributed by atoms with Gasteiger partial charge in [0, 0.05) is 19.8 Å². The topological polar surface area (TPSA) is 78.3 Å². The minimum Gasteiger partial charge on any atom is -0.381 e. The smallest absolute Gasteiger partial charge is 0.221 e. The summed E-state index contributed by atoms with van der Waals surface area (Å²) in [5, 5.41) is 0. The molecule has 0 aromatic carbocycles. The van der Waals surface area contributed by atoms with Gasteiger partial charge in [-0.25, -0.2) is 0 Å². The standard InChI is InChI=1S/C9H18N2O2/c10-6-8(9(11)12)5-7-1-3-13-4-2-7/h7-8H,1-6,10H2,(H2,11,12). The fourth-order valence-electron chi connectivity index (χ4n) is 1.71. The van der Waals surface area contributed by atoms with E-state index in [1.807, 2.05) is 0 Å². The van der Waals surface area contributed by atoms with Gasteiger partial charge >= 0.3 is 0 Å². The van der Waals surface area contributed by atoms with E-state index in [0.29, 0.717) is 12.5 Å². The lowest BCUT2D eigenvalue weighted by Gasteiger charge is -2.24. The third-order valence-corrected chi connectivity index (χ3v) is 2.65. The highest BCUT2D eigenvalue weighted by atomic mass is 16.5. The quantitative estimate of drug-likeness (QED) is 0.641. The summed E-state index contributed by atoms with van der Waals surface area (Å²) in [6, 6.07) is 0. The van der Waals surface area contributed by atoms with E-state index < -0.39 is 0 Å². The minimum atomic E-state index is -0.269. The van der Waals surface area contributed by atoms with E-state index in [4.69, 9.17) is 16.2 Å². The van der Waals surface area contributed by atoms with Crippen molar-refractivity contribution in [2.75, 3.05) is 19.8 Å². The summed E-state index contributed by atoms with van der Waals surface area (Å²) in [5.41, 5.74) is 10.7. The molecule has 1 aliphatic rings. The first-order valence-corrected chi connectivity index (χ1v) is 4.81. The van der Waals surface area contributed by atoms with Crippen LogP contribution < -0.4 is 11.5 Å². The lowest BCUT2D eigenvalue weighted by Crippen LogP contribution is -2.32. The lowest BCUT2D eigenvalue weighted by atomic mass is 9.88. The van der Waals surface area contributed by atoms with Gasteiger partial charge in [0.05, 0.1) is 5.92 Å². The Hall–Kier alpha value is -0.610. The van der Waals surface area contributed by atoms with Gasteiger partial charge in [-0.15, -0.1) is 0 Å². The Kier molecular flexibility index (Phi) is 4.18. The van der Waals surface area contributed by atoms with Crippen LogP contribution in [0.2, 0.25) is 0 Å². The molecule has 4 N–H and O–H groups in total. The number of carbonyl (C=O) groups is 1. The molecule has 1 unspecified atom stereocenters. The van der Waals surface area contributed by atoms with E-state index in [-0.39, 0.29) is 11.8 Å². The van der Waals surface area contributed by atoms with Gasteiger partial charge in [-0.3, -0.25) is 4.79 Å². The van der Waals surface area contributed by atoms with Crippen molar-refractivity contribution in [3.8, 4) is 0 Å². The van der Waals surface area contributed by atoms with Gasteiger partial charge in [-0.1, -0.05) is 0 Å². The Bertz CT molecular complexity index is 167. The van der Waals surface area contributed by atoms with E-state index >= 15 is 0 Å². The second-order valence-electron chi connectivity index (χ2n) is 3.63. The van der Waals surface area contributed by atoms with Crippen LogP contribution in [0.4, 0.5) is 0 Å². The Morgan fingerprint density at radius 3 is 2.54 bits per heavy atom. The van der Waals surface area contributed by atoms with Crippen LogP contribution in [0.5, 0.6) is 0 Å². The molecule has 0 saturated carbocycles. The molecule has 0 aliphatic carbocycles. The highest BCUT2D eigenvalue weighted by Gasteiger charge is 2.21. The van der Waals surface area contributed by atoms with E-state index in [1.165, 1.54) is 0 Å². The molecule has 1 aliphatic heterocycles. The zero-order chi connectivity index (χ0) is 9.68. The Labute approximate surface area is 78.6 Å². The molecule has 1 heterocycles. The Morgan fingerprint density at radius 2 is 2.08 bits per heavy atom. The van der Waals surface area contributed by atoms with Crippen LogP contribution in [-0.2, 0) is 9.53 Å². The van der Waals surface area contributed by atoms with Crippen LogP contribution >= 0.6 is 0 Å². The second kappa shape index (κ2) is 5.19. The van der Waals surface area contributed by atoms with Crippen molar-refractivity contribution in [1.82, 2.24) is 0 Å². The monoisotopic (exact) mass is 186 g/mol. The summed E-state index contributed by atoms with van der Waals surface area (Å²) in [6.07, 6.45) is 2.89. The summed E-state index contributed by atoms with van der Waals surface area (Å²) >= 11 is 0. The maximum atomic E-state index is 10.9. The number of ether oxygens (including phenoxy) is 1. The number of hydrogen-bond acceptors (Lipinski definition) is 3. The van der Waals surface area contributed by atoms with Crippen LogP contribution in [0.1, 0.15) is 19.3 Å². The summed E-state index contributed by atoms with van der Waals surface area (Å²) in [5.74, 6) is 0.145. The number of rotatable bonds is 4. The molecule has 0 aromatic heterocycles. The van der Waals surface area contributed by atoms with Crippen LogP contribution in [0.3, 0.4) is 0 Å². The summed E-state index contributed by atoms with van der Waals surface area (Å²) in [4.78, 5) is 10.9. The maximum Gasteiger partial charge on any atom is 0.221 e. The molecule has 0 bridgehead atoms. The molecule has 0 radical (unpaired) electrons. The molecule has 4 heteroatoms. The van der Waals surface area contributed by atoms with E-state index in [9.17, 15) is 4.79 Å². The third-order valence-electron chi connectivity index (χ3n) is 2.65. The summed E-state index contributed by atoms with van der Waals surface area (Å²) in [7, 11) is 0. The molecule has 0 spiro atoms. The zero-order valence-electron chi connectivity index (χ0n) is 7.87. The highest BCUT2D eigenvalue weighted by Crippen LogP contribution is 2.22. The fourth-order valence-corrected chi connectivity index (χ4v) is 1.71. The van der Waals surface area contributed by atoms with Crippen LogP contribution in [0.15, 0.2) is 0 Å². The van der Waals surface area contributed by atoms with Crippen LogP contribution in [-0.4, -0.2) is 25.7 Å². The van der Waals surface area contributed by atoms with Crippen molar-refractivity contribution in [1.29, 1.82) is 0 Å². The highest BCUT2D eigenvalue weighted by molar-refractivity contribution is 5.76. The van der Waals surface area contributed by atoms with Gasteiger partial charge < -0.3 is 16.2 Å². The molecule has 1 fully saturated rings. The fraction of sp³-hybridized carbons (Fsp3) is 0.889. The number of carbonyl (C=O) groups excluding carboxylic acids is 1. The molecular weight excluding hydrogens is 168 g/mol. The lowest BCUT2D eigenvalue weighted by molar-refractivity contribution is -0.122. The normalized spacial score (nSPS) is 21.3. The average Bonchev–Trinajstić information content (AvgIpc) is 2.15. The van der Waals surface area contributed by atoms with Gasteiger partial charge in [0.2, 0.25) is 5.91 Å². The van der Waals surface area contributed by atoms with Gasteiger partial charge in [0.25, 0.3) is 0 Å². The first-order chi connectivity index (χ1) is 6.24. The van der Waals surface area contributed by atoms with Crippen molar-refractivity contribution < 1.29 is 9.53 Å². The first-order valence-electron chi connectivity index (χ1n) is 4.81. The largest absolute Gasteiger partial charge is 0.381 e. The second-order valence-corrected chi connectivity index (χ2v) is 3.63. The van der Waals surface area contributed by atoms with Crippen LogP contribution in [0.25, 0.3) is 0 Å². The van der Waals surface area contributed by atoms with Crippen molar-refractivity contribution in [2.45, 2.75) is 19.3 Å². The van der Waals surface area contributed by atoms with Gasteiger partial charge in [-0.2, -0.15) is 0 Å². The predicted octanol–water partition coefficient (Wildman–Crippen LogP) is -0.137. The van der Waals surface area contributed by atoms with Crippen molar-refractivity contribution in [3.63, 3.8) is 0 Å². The molecule has 1 atom stereocenters. The number of amides is 1. The Balaban J connectivity index is 2.31. The van der Waals surface area contributed by atoms with Crippen molar-refractivity contribution >= 4 is 5.91 Å². The number of nitrogens with two attached hydrogens (primary N) is 2. The Morgan fingerprint density at radius 1 is 1.46 bits per heavy atom. The number of primary amides is 1. The van der Waals surface area contributed by atoms with Gasteiger partial charge in [0.15, 0.2) is 0 Å². The van der Waals surface area contributed by atoms with Crippen molar-refractivity contribution in [3.05, 3.63) is 0 Å². The molecule has 0 aromatic rings. The van der Waals surface area contributed by atoms with E-state index in [1.54, 1.807) is 0 Å². The number of hydrogen-bond donors (Lipinski definition) is 2. The molecule has 1 amide bonds. The SMILES string of the molecule is NCC(CC1CCOCC1)C(N)=O. The average molecular weight is 186 g/mol. The summed E-state index contributed by atoms with van der Waals surface area (Å²) in [6.45, 7) is 1.98. The molecule has 76 valence electrons. The molecule has 13 heavy (non-hydrogen) atoms. The van der Waals surface area contributed by atoms with Gasteiger partial charge in [0.1, 0.15) is 0 Å². The molecule has 1 saturated heterocycles. The van der Waals surface area contributed by atoms with Gasteiger partial charge in [-0.05, 0) is 25.2 Å². The predicted molar refractivity (Wildman–Crippen MR) is 49.9 cm³/mol. The maximum absolute atomic E-state index is 10.9. The summed E-state index contributed by atoms with van der Waals surface area (Å²) < 4.78 is 5.23. The van der Waals surface area contributed by atoms with Crippen molar-refractivity contribution in [2.24, 2.45) is 23.3 Å². The first kappa shape index (κ1) is 10.5. The molecule has 4 nitrogen and oxygen atoms in total. The third kappa shape index (κ3) is 3.32. The van der Waals surface area contributed by atoms with E-state index in [2.05, 4.69) is 0 Å². The molecular formula is C9H18N2O2. The van der Waals surface area contributed by atoms with Crippen LogP contribution in [0, 0.1) is 11.8 Å². The molecule has 1 rings (SSSR count).